The van der Waals surface area contributed by atoms with Crippen molar-refractivity contribution in [2.75, 3.05) is 5.32 Å². The Hall–Kier alpha value is -1.27. The Balaban J connectivity index is 2.15. The average Bonchev–Trinajstić information content (AvgIpc) is 2.46. The smallest absolute Gasteiger partial charge is 0.228 e. The maximum Gasteiger partial charge on any atom is 0.228 e. The van der Waals surface area contributed by atoms with Crippen molar-refractivity contribution in [1.82, 2.24) is 10.6 Å². The zero-order valence-corrected chi connectivity index (χ0v) is 14.2. The second kappa shape index (κ2) is 7.33. The van der Waals surface area contributed by atoms with E-state index in [9.17, 15) is 4.79 Å². The molecule has 1 amide bonds. The third kappa shape index (κ3) is 4.36. The van der Waals surface area contributed by atoms with Crippen molar-refractivity contribution in [1.29, 1.82) is 0 Å². The van der Waals surface area contributed by atoms with Gasteiger partial charge in [0.1, 0.15) is 6.17 Å². The van der Waals surface area contributed by atoms with Crippen molar-refractivity contribution in [3.05, 3.63) is 42.5 Å². The molecule has 116 valence electrons. The summed E-state index contributed by atoms with van der Waals surface area (Å²) in [5.41, 5.74) is 0.810. The molecule has 0 saturated carbocycles. The number of rotatable bonds is 4. The first-order valence-electron chi connectivity index (χ1n) is 6.23. The first-order chi connectivity index (χ1) is 10.4. The summed E-state index contributed by atoms with van der Waals surface area (Å²) in [6.45, 7) is 0. The second-order valence-electron chi connectivity index (χ2n) is 4.38. The van der Waals surface area contributed by atoms with Crippen LogP contribution in [0.3, 0.4) is 0 Å². The van der Waals surface area contributed by atoms with Gasteiger partial charge in [0.2, 0.25) is 10.2 Å². The molecule has 0 aliphatic rings. The molecule has 0 fully saturated rings. The van der Waals surface area contributed by atoms with Gasteiger partial charge in [-0.25, -0.2) is 0 Å². The van der Waals surface area contributed by atoms with E-state index in [2.05, 4.69) is 16.0 Å². The van der Waals surface area contributed by atoms with Gasteiger partial charge < -0.3 is 16.0 Å². The lowest BCUT2D eigenvalue weighted by Gasteiger charge is -2.26. The van der Waals surface area contributed by atoms with Crippen molar-refractivity contribution in [2.45, 2.75) is 9.96 Å². The Bertz CT molecular complexity index is 685. The van der Waals surface area contributed by atoms with Crippen LogP contribution >= 0.6 is 47.0 Å². The Morgan fingerprint density at radius 2 is 1.82 bits per heavy atom. The monoisotopic (exact) mass is 375 g/mol. The van der Waals surface area contributed by atoms with Crippen molar-refractivity contribution in [3.8, 4) is 0 Å². The predicted molar refractivity (Wildman–Crippen MR) is 96.6 cm³/mol. The quantitative estimate of drug-likeness (QED) is 0.330. The first kappa shape index (κ1) is 17.1. The molecule has 2 aromatic carbocycles. The summed E-state index contributed by atoms with van der Waals surface area (Å²) in [4.78, 5) is 10.6. The fourth-order valence-corrected chi connectivity index (χ4v) is 2.49. The number of anilines is 1. The van der Waals surface area contributed by atoms with Gasteiger partial charge in [0.15, 0.2) is 5.11 Å². The molecule has 0 saturated heterocycles. The average molecular weight is 377 g/mol. The summed E-state index contributed by atoms with van der Waals surface area (Å²) in [5, 5.41) is 10.4. The summed E-state index contributed by atoms with van der Waals surface area (Å²) in [5.74, 6) is 0. The number of carbonyl (C=O) groups is 1. The predicted octanol–water partition coefficient (Wildman–Crippen LogP) is 3.57. The van der Waals surface area contributed by atoms with E-state index in [1.807, 2.05) is 42.5 Å². The summed E-state index contributed by atoms with van der Waals surface area (Å²) in [7, 11) is 0. The van der Waals surface area contributed by atoms with Gasteiger partial charge in [-0.1, -0.05) is 71.2 Å². The van der Waals surface area contributed by atoms with Gasteiger partial charge in [-0.2, -0.15) is 0 Å². The summed E-state index contributed by atoms with van der Waals surface area (Å²) >= 11 is 22.5. The van der Waals surface area contributed by atoms with Gasteiger partial charge >= 0.3 is 0 Å². The van der Waals surface area contributed by atoms with Crippen LogP contribution in [0.1, 0.15) is 0 Å². The molecule has 0 radical (unpaired) electrons. The fraction of sp³-hybridized carbons (Fsp3) is 0.143. The normalized spacial score (nSPS) is 12.5. The van der Waals surface area contributed by atoms with Crippen LogP contribution in [0, 0.1) is 0 Å². The SMILES string of the molecule is O=CN[C@H](NC(=S)Nc1cccc2ccccc12)C(Cl)(Cl)Cl. The van der Waals surface area contributed by atoms with Crippen molar-refractivity contribution >= 4 is 75.0 Å². The summed E-state index contributed by atoms with van der Waals surface area (Å²) in [6, 6.07) is 13.6. The van der Waals surface area contributed by atoms with Crippen LogP contribution in [0.5, 0.6) is 0 Å². The molecule has 8 heteroatoms. The zero-order chi connectivity index (χ0) is 16.2. The third-order valence-corrected chi connectivity index (χ3v) is 3.75. The second-order valence-corrected chi connectivity index (χ2v) is 7.16. The molecule has 0 spiro atoms. The highest BCUT2D eigenvalue weighted by atomic mass is 35.6. The lowest BCUT2D eigenvalue weighted by Crippen LogP contribution is -2.53. The Kier molecular flexibility index (Phi) is 5.69. The molecule has 0 aliphatic carbocycles. The molecule has 0 bridgehead atoms. The Morgan fingerprint density at radius 3 is 2.50 bits per heavy atom. The largest absolute Gasteiger partial charge is 0.339 e. The van der Waals surface area contributed by atoms with Gasteiger partial charge in [0, 0.05) is 11.1 Å². The maximum atomic E-state index is 10.6. The molecule has 1 atom stereocenters. The molecule has 2 rings (SSSR count). The van der Waals surface area contributed by atoms with Crippen molar-refractivity contribution < 1.29 is 4.79 Å². The Morgan fingerprint density at radius 1 is 1.14 bits per heavy atom. The standard InChI is InChI=1S/C14H12Cl3N3OS/c15-14(16,17)12(18-8-21)20-13(22)19-11-7-3-5-9-4-1-2-6-10(9)11/h1-8,12H,(H,18,21)(H2,19,20,22)/t12-/m1/s1. The summed E-state index contributed by atoms with van der Waals surface area (Å²) < 4.78 is -1.74. The van der Waals surface area contributed by atoms with Crippen molar-refractivity contribution in [3.63, 3.8) is 0 Å². The minimum absolute atomic E-state index is 0.224. The maximum absolute atomic E-state index is 10.6. The van der Waals surface area contributed by atoms with Gasteiger partial charge in [0.25, 0.3) is 0 Å². The molecular formula is C14H12Cl3N3OS. The molecule has 22 heavy (non-hydrogen) atoms. The van der Waals surface area contributed by atoms with E-state index in [-0.39, 0.29) is 5.11 Å². The highest BCUT2D eigenvalue weighted by molar-refractivity contribution is 7.80. The number of alkyl halides is 3. The topological polar surface area (TPSA) is 53.2 Å². The minimum atomic E-state index is -1.74. The van der Waals surface area contributed by atoms with E-state index in [4.69, 9.17) is 47.0 Å². The number of thiocarbonyl (C=S) groups is 1. The number of carbonyl (C=O) groups excluding carboxylic acids is 1. The van der Waals surface area contributed by atoms with E-state index in [0.29, 0.717) is 6.41 Å². The number of hydrogen-bond acceptors (Lipinski definition) is 2. The lowest BCUT2D eigenvalue weighted by molar-refractivity contribution is -0.110. The molecule has 0 aliphatic heterocycles. The molecule has 0 unspecified atom stereocenters. The van der Waals surface area contributed by atoms with Crippen LogP contribution in [0.2, 0.25) is 0 Å². The number of amides is 1. The molecule has 0 aromatic heterocycles. The molecule has 0 heterocycles. The Labute approximate surface area is 148 Å². The number of nitrogens with one attached hydrogen (secondary N) is 3. The van der Waals surface area contributed by atoms with E-state index >= 15 is 0 Å². The molecular weight excluding hydrogens is 365 g/mol. The number of benzene rings is 2. The van der Waals surface area contributed by atoms with E-state index in [1.165, 1.54) is 0 Å². The van der Waals surface area contributed by atoms with Gasteiger partial charge in [-0.15, -0.1) is 0 Å². The van der Waals surface area contributed by atoms with Crippen molar-refractivity contribution in [2.24, 2.45) is 0 Å². The molecule has 3 N–H and O–H groups in total. The highest BCUT2D eigenvalue weighted by Crippen LogP contribution is 2.29. The first-order valence-corrected chi connectivity index (χ1v) is 7.77. The third-order valence-electron chi connectivity index (χ3n) is 2.88. The lowest BCUT2D eigenvalue weighted by atomic mass is 10.1. The van der Waals surface area contributed by atoms with Gasteiger partial charge in [-0.05, 0) is 23.7 Å². The number of hydrogen-bond donors (Lipinski definition) is 3. The van der Waals surface area contributed by atoms with Crippen LogP contribution in [-0.2, 0) is 4.79 Å². The van der Waals surface area contributed by atoms with Crippen LogP contribution in [0.4, 0.5) is 5.69 Å². The van der Waals surface area contributed by atoms with Crippen LogP contribution in [0.15, 0.2) is 42.5 Å². The van der Waals surface area contributed by atoms with Crippen LogP contribution in [0.25, 0.3) is 10.8 Å². The van der Waals surface area contributed by atoms with Gasteiger partial charge in [0.05, 0.1) is 0 Å². The van der Waals surface area contributed by atoms with Gasteiger partial charge in [-0.3, -0.25) is 4.79 Å². The highest BCUT2D eigenvalue weighted by Gasteiger charge is 2.33. The van der Waals surface area contributed by atoms with E-state index in [0.717, 1.165) is 16.5 Å². The van der Waals surface area contributed by atoms with Crippen LogP contribution in [-0.4, -0.2) is 21.5 Å². The number of fused-ring (bicyclic) bond motifs is 1. The minimum Gasteiger partial charge on any atom is -0.339 e. The zero-order valence-electron chi connectivity index (χ0n) is 11.1. The fourth-order valence-electron chi connectivity index (χ4n) is 1.91. The van der Waals surface area contributed by atoms with Crippen LogP contribution < -0.4 is 16.0 Å². The van der Waals surface area contributed by atoms with E-state index < -0.39 is 9.96 Å². The molecule has 2 aromatic rings. The molecule has 4 nitrogen and oxygen atoms in total. The number of halogens is 3. The summed E-state index contributed by atoms with van der Waals surface area (Å²) in [6.07, 6.45) is -0.523. The van der Waals surface area contributed by atoms with E-state index in [1.54, 1.807) is 0 Å².